The first-order valence-electron chi connectivity index (χ1n) is 4.17. The van der Waals surface area contributed by atoms with Gasteiger partial charge in [-0.1, -0.05) is 0 Å². The standard InChI is InChI=1S/C8H12BrN3/c1-12-7(9)4-11-8(12)5-10-6-2-3-6/h4,6,10H,2-3,5H2,1H3. The lowest BCUT2D eigenvalue weighted by Gasteiger charge is -2.02. The van der Waals surface area contributed by atoms with Crippen molar-refractivity contribution in [1.29, 1.82) is 0 Å². The summed E-state index contributed by atoms with van der Waals surface area (Å²) >= 11 is 3.41. The molecule has 12 heavy (non-hydrogen) atoms. The Balaban J connectivity index is 1.96. The van der Waals surface area contributed by atoms with E-state index >= 15 is 0 Å². The maximum absolute atomic E-state index is 4.27. The fraction of sp³-hybridized carbons (Fsp3) is 0.625. The molecule has 0 aliphatic heterocycles. The first kappa shape index (κ1) is 8.26. The molecular formula is C8H12BrN3. The van der Waals surface area contributed by atoms with Crippen LogP contribution in [0, 0.1) is 0 Å². The van der Waals surface area contributed by atoms with Gasteiger partial charge in [0.15, 0.2) is 0 Å². The molecule has 4 heteroatoms. The van der Waals surface area contributed by atoms with Crippen molar-refractivity contribution < 1.29 is 0 Å². The third-order valence-corrected chi connectivity index (χ3v) is 2.89. The minimum atomic E-state index is 0.750. The van der Waals surface area contributed by atoms with Gasteiger partial charge in [0.05, 0.1) is 12.7 Å². The SMILES string of the molecule is Cn1c(Br)cnc1CNC1CC1. The highest BCUT2D eigenvalue weighted by Gasteiger charge is 2.20. The zero-order chi connectivity index (χ0) is 8.55. The summed E-state index contributed by atoms with van der Waals surface area (Å²) < 4.78 is 3.09. The number of halogens is 1. The van der Waals surface area contributed by atoms with Gasteiger partial charge in [-0.15, -0.1) is 0 Å². The summed E-state index contributed by atoms with van der Waals surface area (Å²) in [5, 5.41) is 3.42. The van der Waals surface area contributed by atoms with Crippen molar-refractivity contribution in [1.82, 2.24) is 14.9 Å². The first-order valence-corrected chi connectivity index (χ1v) is 4.96. The number of nitrogens with one attached hydrogen (secondary N) is 1. The van der Waals surface area contributed by atoms with Gasteiger partial charge in [-0.25, -0.2) is 4.98 Å². The fourth-order valence-corrected chi connectivity index (χ4v) is 1.42. The molecular weight excluding hydrogens is 218 g/mol. The third-order valence-electron chi connectivity index (χ3n) is 2.15. The second-order valence-corrected chi connectivity index (χ2v) is 4.02. The van der Waals surface area contributed by atoms with E-state index in [9.17, 15) is 0 Å². The molecule has 1 heterocycles. The maximum atomic E-state index is 4.27. The summed E-state index contributed by atoms with van der Waals surface area (Å²) in [5.41, 5.74) is 0. The van der Waals surface area contributed by atoms with Gasteiger partial charge < -0.3 is 9.88 Å². The zero-order valence-electron chi connectivity index (χ0n) is 7.05. The first-order chi connectivity index (χ1) is 5.77. The van der Waals surface area contributed by atoms with Crippen LogP contribution in [0.1, 0.15) is 18.7 Å². The van der Waals surface area contributed by atoms with Crippen LogP contribution in [0.2, 0.25) is 0 Å². The van der Waals surface area contributed by atoms with Crippen LogP contribution in [-0.2, 0) is 13.6 Å². The molecule has 0 unspecified atom stereocenters. The minimum absolute atomic E-state index is 0.750. The van der Waals surface area contributed by atoms with E-state index < -0.39 is 0 Å². The van der Waals surface area contributed by atoms with Crippen molar-refractivity contribution in [2.24, 2.45) is 7.05 Å². The molecule has 0 atom stereocenters. The van der Waals surface area contributed by atoms with Gasteiger partial charge >= 0.3 is 0 Å². The number of nitrogens with zero attached hydrogens (tertiary/aromatic N) is 2. The van der Waals surface area contributed by atoms with E-state index in [1.54, 1.807) is 0 Å². The Bertz CT molecular complexity index is 278. The highest BCUT2D eigenvalue weighted by molar-refractivity contribution is 9.10. The lowest BCUT2D eigenvalue weighted by molar-refractivity contribution is 0.632. The minimum Gasteiger partial charge on any atom is -0.325 e. The van der Waals surface area contributed by atoms with Crippen molar-refractivity contribution in [3.63, 3.8) is 0 Å². The van der Waals surface area contributed by atoms with Gasteiger partial charge in [0.25, 0.3) is 0 Å². The van der Waals surface area contributed by atoms with E-state index in [0.29, 0.717) is 0 Å². The molecule has 66 valence electrons. The van der Waals surface area contributed by atoms with E-state index in [1.165, 1.54) is 12.8 Å². The normalized spacial score (nSPS) is 16.8. The molecule has 0 spiro atoms. The third kappa shape index (κ3) is 1.69. The van der Waals surface area contributed by atoms with Gasteiger partial charge in [0, 0.05) is 13.1 Å². The zero-order valence-corrected chi connectivity index (χ0v) is 8.63. The Morgan fingerprint density at radius 2 is 2.50 bits per heavy atom. The summed E-state index contributed by atoms with van der Waals surface area (Å²) in [5.74, 6) is 1.09. The Morgan fingerprint density at radius 1 is 1.75 bits per heavy atom. The van der Waals surface area contributed by atoms with E-state index in [4.69, 9.17) is 0 Å². The molecule has 1 aromatic rings. The molecule has 0 amide bonds. The summed E-state index contributed by atoms with van der Waals surface area (Å²) in [6.45, 7) is 0.882. The smallest absolute Gasteiger partial charge is 0.123 e. The van der Waals surface area contributed by atoms with Crippen molar-refractivity contribution in [2.75, 3.05) is 0 Å². The van der Waals surface area contributed by atoms with Crippen LogP contribution in [0.5, 0.6) is 0 Å². The van der Waals surface area contributed by atoms with Crippen LogP contribution in [-0.4, -0.2) is 15.6 Å². The lowest BCUT2D eigenvalue weighted by atomic mass is 10.5. The number of aromatic nitrogens is 2. The molecule has 1 fully saturated rings. The van der Waals surface area contributed by atoms with Crippen LogP contribution in [0.25, 0.3) is 0 Å². The van der Waals surface area contributed by atoms with Crippen molar-refractivity contribution in [3.05, 3.63) is 16.6 Å². The van der Waals surface area contributed by atoms with Crippen LogP contribution < -0.4 is 5.32 Å². The monoisotopic (exact) mass is 229 g/mol. The van der Waals surface area contributed by atoms with E-state index in [2.05, 4.69) is 30.8 Å². The topological polar surface area (TPSA) is 29.9 Å². The number of hydrogen-bond donors (Lipinski definition) is 1. The average molecular weight is 230 g/mol. The van der Waals surface area contributed by atoms with Gasteiger partial charge in [0.2, 0.25) is 0 Å². The molecule has 1 N–H and O–H groups in total. The number of imidazole rings is 1. The molecule has 1 aliphatic carbocycles. The van der Waals surface area contributed by atoms with E-state index in [1.807, 2.05) is 13.2 Å². The lowest BCUT2D eigenvalue weighted by Crippen LogP contribution is -2.18. The van der Waals surface area contributed by atoms with Crippen molar-refractivity contribution in [2.45, 2.75) is 25.4 Å². The van der Waals surface area contributed by atoms with Crippen LogP contribution in [0.3, 0.4) is 0 Å². The van der Waals surface area contributed by atoms with E-state index in [0.717, 1.165) is 23.0 Å². The average Bonchev–Trinajstić information content (AvgIpc) is 2.82. The fourth-order valence-electron chi connectivity index (χ4n) is 1.11. The molecule has 1 aliphatic rings. The molecule has 3 nitrogen and oxygen atoms in total. The van der Waals surface area contributed by atoms with Crippen molar-refractivity contribution >= 4 is 15.9 Å². The molecule has 1 saturated carbocycles. The summed E-state index contributed by atoms with van der Waals surface area (Å²) in [6.07, 6.45) is 4.49. The predicted octanol–water partition coefficient (Wildman–Crippen LogP) is 1.43. The van der Waals surface area contributed by atoms with Crippen molar-refractivity contribution in [3.8, 4) is 0 Å². The van der Waals surface area contributed by atoms with Gasteiger partial charge in [0.1, 0.15) is 10.4 Å². The van der Waals surface area contributed by atoms with Gasteiger partial charge in [-0.3, -0.25) is 0 Å². The summed E-state index contributed by atoms with van der Waals surface area (Å²) in [7, 11) is 2.01. The van der Waals surface area contributed by atoms with Crippen LogP contribution >= 0.6 is 15.9 Å². The molecule has 0 radical (unpaired) electrons. The van der Waals surface area contributed by atoms with Gasteiger partial charge in [-0.05, 0) is 28.8 Å². The number of rotatable bonds is 3. The molecule has 0 aromatic carbocycles. The Kier molecular flexibility index (Phi) is 2.19. The quantitative estimate of drug-likeness (QED) is 0.851. The Morgan fingerprint density at radius 3 is 3.00 bits per heavy atom. The summed E-state index contributed by atoms with van der Waals surface area (Å²) in [6, 6.07) is 0.750. The molecule has 0 bridgehead atoms. The summed E-state index contributed by atoms with van der Waals surface area (Å²) in [4.78, 5) is 4.27. The number of hydrogen-bond acceptors (Lipinski definition) is 2. The largest absolute Gasteiger partial charge is 0.325 e. The molecule has 1 aromatic heterocycles. The molecule has 0 saturated heterocycles. The second-order valence-electron chi connectivity index (χ2n) is 3.21. The van der Waals surface area contributed by atoms with Crippen LogP contribution in [0.4, 0.5) is 0 Å². The van der Waals surface area contributed by atoms with Gasteiger partial charge in [-0.2, -0.15) is 0 Å². The highest BCUT2D eigenvalue weighted by Crippen LogP contribution is 2.19. The Labute approximate surface area is 80.3 Å². The molecule has 2 rings (SSSR count). The highest BCUT2D eigenvalue weighted by atomic mass is 79.9. The Hall–Kier alpha value is -0.350. The van der Waals surface area contributed by atoms with E-state index in [-0.39, 0.29) is 0 Å². The predicted molar refractivity (Wildman–Crippen MR) is 50.8 cm³/mol. The van der Waals surface area contributed by atoms with Crippen LogP contribution in [0.15, 0.2) is 10.8 Å². The maximum Gasteiger partial charge on any atom is 0.123 e. The second kappa shape index (κ2) is 3.18.